The van der Waals surface area contributed by atoms with E-state index < -0.39 is 0 Å². The van der Waals surface area contributed by atoms with Crippen LogP contribution in [0.5, 0.6) is 0 Å². The molecule has 10 heavy (non-hydrogen) atoms. The number of allylic oxidation sites excluding steroid dienone is 1. The highest BCUT2D eigenvalue weighted by Gasteiger charge is 2.00. The summed E-state index contributed by atoms with van der Waals surface area (Å²) in [6, 6.07) is 0. The minimum atomic E-state index is 0.391. The average Bonchev–Trinajstić information content (AvgIpc) is 1.82. The lowest BCUT2D eigenvalue weighted by Crippen LogP contribution is -2.04. The molecule has 0 aromatic heterocycles. The molecule has 0 rings (SSSR count). The van der Waals surface area contributed by atoms with Crippen LogP contribution < -0.4 is 0 Å². The molecule has 0 N–H and O–H groups in total. The van der Waals surface area contributed by atoms with E-state index in [1.54, 1.807) is 0 Å². The van der Waals surface area contributed by atoms with Crippen molar-refractivity contribution < 1.29 is 9.53 Å². The quantitative estimate of drug-likeness (QED) is 0.432. The maximum atomic E-state index is 9.75. The molecule has 0 aliphatic heterocycles. The highest BCUT2D eigenvalue weighted by atomic mass is 16.5. The first-order valence-corrected chi connectivity index (χ1v) is 3.36. The van der Waals surface area contributed by atoms with E-state index in [-0.39, 0.29) is 0 Å². The lowest BCUT2D eigenvalue weighted by molar-refractivity contribution is -0.129. The summed E-state index contributed by atoms with van der Waals surface area (Å²) in [6.45, 7) is 8.73. The van der Waals surface area contributed by atoms with Crippen molar-refractivity contribution in [2.24, 2.45) is 5.92 Å². The fraction of sp³-hybridized carbons (Fsp3) is 0.625. The minimum absolute atomic E-state index is 0.391. The SMILES string of the molecule is C=C(C)CC(C)COC=O. The third-order valence-electron chi connectivity index (χ3n) is 1.15. The van der Waals surface area contributed by atoms with Crippen molar-refractivity contribution in [1.29, 1.82) is 0 Å². The molecule has 0 bridgehead atoms. The summed E-state index contributed by atoms with van der Waals surface area (Å²) in [7, 11) is 0. The van der Waals surface area contributed by atoms with Gasteiger partial charge in [0.25, 0.3) is 6.47 Å². The predicted octanol–water partition coefficient (Wildman–Crippen LogP) is 1.76. The van der Waals surface area contributed by atoms with Crippen LogP contribution in [0.15, 0.2) is 12.2 Å². The van der Waals surface area contributed by atoms with Gasteiger partial charge >= 0.3 is 0 Å². The molecule has 1 atom stereocenters. The van der Waals surface area contributed by atoms with Gasteiger partial charge < -0.3 is 4.74 Å². The molecule has 0 aromatic carbocycles. The Kier molecular flexibility index (Phi) is 4.63. The van der Waals surface area contributed by atoms with Gasteiger partial charge in [0.2, 0.25) is 0 Å². The number of hydrogen-bond donors (Lipinski definition) is 0. The van der Waals surface area contributed by atoms with E-state index in [1.807, 2.05) is 13.8 Å². The van der Waals surface area contributed by atoms with Crippen LogP contribution >= 0.6 is 0 Å². The number of carbonyl (C=O) groups excluding carboxylic acids is 1. The summed E-state index contributed by atoms with van der Waals surface area (Å²) in [4.78, 5) is 9.75. The molecule has 0 saturated heterocycles. The summed E-state index contributed by atoms with van der Waals surface area (Å²) >= 11 is 0. The Hall–Kier alpha value is -0.790. The van der Waals surface area contributed by atoms with E-state index in [2.05, 4.69) is 11.3 Å². The van der Waals surface area contributed by atoms with Crippen LogP contribution in [0.1, 0.15) is 20.3 Å². The van der Waals surface area contributed by atoms with Crippen molar-refractivity contribution in [2.45, 2.75) is 20.3 Å². The van der Waals surface area contributed by atoms with E-state index in [0.29, 0.717) is 19.0 Å². The number of rotatable bonds is 5. The Morgan fingerprint density at radius 3 is 2.80 bits per heavy atom. The van der Waals surface area contributed by atoms with Gasteiger partial charge in [0, 0.05) is 0 Å². The largest absolute Gasteiger partial charge is 0.468 e. The normalized spacial score (nSPS) is 12.2. The van der Waals surface area contributed by atoms with Gasteiger partial charge in [-0.05, 0) is 19.3 Å². The molecule has 58 valence electrons. The monoisotopic (exact) mass is 142 g/mol. The first-order chi connectivity index (χ1) is 4.66. The zero-order valence-electron chi connectivity index (χ0n) is 6.59. The number of ether oxygens (including phenoxy) is 1. The van der Waals surface area contributed by atoms with E-state index in [4.69, 9.17) is 0 Å². The topological polar surface area (TPSA) is 26.3 Å². The van der Waals surface area contributed by atoms with Crippen molar-refractivity contribution >= 4 is 6.47 Å². The lowest BCUT2D eigenvalue weighted by Gasteiger charge is -2.08. The van der Waals surface area contributed by atoms with Crippen LogP contribution in [0, 0.1) is 5.92 Å². The molecule has 1 unspecified atom stereocenters. The van der Waals surface area contributed by atoms with E-state index >= 15 is 0 Å². The lowest BCUT2D eigenvalue weighted by atomic mass is 10.1. The zero-order chi connectivity index (χ0) is 7.98. The van der Waals surface area contributed by atoms with Crippen LogP contribution in [0.2, 0.25) is 0 Å². The fourth-order valence-electron chi connectivity index (χ4n) is 0.857. The maximum Gasteiger partial charge on any atom is 0.293 e. The summed E-state index contributed by atoms with van der Waals surface area (Å²) in [5.74, 6) is 0.391. The Bertz CT molecular complexity index is 118. The minimum Gasteiger partial charge on any atom is -0.468 e. The molecule has 0 spiro atoms. The first-order valence-electron chi connectivity index (χ1n) is 3.36. The molecule has 0 aromatic rings. The van der Waals surface area contributed by atoms with Crippen LogP contribution in [0.3, 0.4) is 0 Å². The molecule has 0 amide bonds. The maximum absolute atomic E-state index is 9.75. The molecule has 0 fully saturated rings. The smallest absolute Gasteiger partial charge is 0.293 e. The molecule has 0 aliphatic carbocycles. The van der Waals surface area contributed by atoms with Crippen molar-refractivity contribution in [3.8, 4) is 0 Å². The van der Waals surface area contributed by atoms with Crippen LogP contribution in [0.4, 0.5) is 0 Å². The van der Waals surface area contributed by atoms with Crippen molar-refractivity contribution in [1.82, 2.24) is 0 Å². The van der Waals surface area contributed by atoms with Gasteiger partial charge in [0.15, 0.2) is 0 Å². The molecular formula is C8H14O2. The van der Waals surface area contributed by atoms with E-state index in [0.717, 1.165) is 12.0 Å². The standard InChI is InChI=1S/C8H14O2/c1-7(2)4-8(3)5-10-6-9/h6,8H,1,4-5H2,2-3H3. The second-order valence-electron chi connectivity index (χ2n) is 2.70. The van der Waals surface area contributed by atoms with E-state index in [1.165, 1.54) is 0 Å². The molecule has 0 aliphatic rings. The van der Waals surface area contributed by atoms with Gasteiger partial charge in [0.1, 0.15) is 0 Å². The molecule has 2 heteroatoms. The summed E-state index contributed by atoms with van der Waals surface area (Å²) < 4.78 is 4.57. The van der Waals surface area contributed by atoms with Crippen LogP contribution in [-0.4, -0.2) is 13.1 Å². The molecule has 0 saturated carbocycles. The van der Waals surface area contributed by atoms with Gasteiger partial charge in [-0.3, -0.25) is 4.79 Å². The average molecular weight is 142 g/mol. The van der Waals surface area contributed by atoms with Gasteiger partial charge in [-0.15, -0.1) is 6.58 Å². The molecule has 0 radical (unpaired) electrons. The highest BCUT2D eigenvalue weighted by Crippen LogP contribution is 2.08. The second kappa shape index (κ2) is 5.03. The van der Waals surface area contributed by atoms with Crippen LogP contribution in [0.25, 0.3) is 0 Å². The highest BCUT2D eigenvalue weighted by molar-refractivity contribution is 5.36. The first kappa shape index (κ1) is 9.21. The van der Waals surface area contributed by atoms with Crippen LogP contribution in [-0.2, 0) is 9.53 Å². The predicted molar refractivity (Wildman–Crippen MR) is 40.6 cm³/mol. The van der Waals surface area contributed by atoms with E-state index in [9.17, 15) is 4.79 Å². The van der Waals surface area contributed by atoms with Gasteiger partial charge in [0.05, 0.1) is 6.61 Å². The summed E-state index contributed by atoms with van der Waals surface area (Å²) in [5.41, 5.74) is 1.13. The summed E-state index contributed by atoms with van der Waals surface area (Å²) in [6.07, 6.45) is 0.924. The molecule has 2 nitrogen and oxygen atoms in total. The van der Waals surface area contributed by atoms with Gasteiger partial charge in [-0.25, -0.2) is 0 Å². The third kappa shape index (κ3) is 5.35. The number of hydrogen-bond acceptors (Lipinski definition) is 2. The van der Waals surface area contributed by atoms with Crippen molar-refractivity contribution in [3.05, 3.63) is 12.2 Å². The second-order valence-corrected chi connectivity index (χ2v) is 2.70. The van der Waals surface area contributed by atoms with Gasteiger partial charge in [-0.1, -0.05) is 12.5 Å². The Morgan fingerprint density at radius 1 is 1.80 bits per heavy atom. The Morgan fingerprint density at radius 2 is 2.40 bits per heavy atom. The zero-order valence-corrected chi connectivity index (χ0v) is 6.59. The number of carbonyl (C=O) groups is 1. The van der Waals surface area contributed by atoms with Gasteiger partial charge in [-0.2, -0.15) is 0 Å². The third-order valence-corrected chi connectivity index (χ3v) is 1.15. The Labute approximate surface area is 61.9 Å². The summed E-state index contributed by atoms with van der Waals surface area (Å²) in [5, 5.41) is 0. The van der Waals surface area contributed by atoms with Crippen molar-refractivity contribution in [3.63, 3.8) is 0 Å². The van der Waals surface area contributed by atoms with Crippen molar-refractivity contribution in [2.75, 3.05) is 6.61 Å². The Balaban J connectivity index is 3.33. The molecular weight excluding hydrogens is 128 g/mol. The molecule has 0 heterocycles. The fourth-order valence-corrected chi connectivity index (χ4v) is 0.857.